The lowest BCUT2D eigenvalue weighted by atomic mass is 10.2. The molecule has 72 valence electrons. The van der Waals surface area contributed by atoms with Crippen molar-refractivity contribution >= 4 is 0 Å². The molecule has 4 heteroatoms. The van der Waals surface area contributed by atoms with Crippen LogP contribution in [0, 0.1) is 11.3 Å². The van der Waals surface area contributed by atoms with Gasteiger partial charge in [0.15, 0.2) is 0 Å². The molecule has 1 aromatic rings. The van der Waals surface area contributed by atoms with Gasteiger partial charge in [0.05, 0.1) is 11.8 Å². The first-order valence-corrected chi connectivity index (χ1v) is 4.59. The standard InChI is InChI=1S/C10H11N3O/c11-4-7-6-13-8(5-12)3-10(7)14-9-1-2-9/h3,6,9H,1-2,5,12H2. The minimum atomic E-state index is 0.287. The van der Waals surface area contributed by atoms with Crippen LogP contribution < -0.4 is 10.5 Å². The number of nitriles is 1. The van der Waals surface area contributed by atoms with Gasteiger partial charge in [0.2, 0.25) is 0 Å². The van der Waals surface area contributed by atoms with Crippen LogP contribution >= 0.6 is 0 Å². The highest BCUT2D eigenvalue weighted by atomic mass is 16.5. The predicted octanol–water partition coefficient (Wildman–Crippen LogP) is 0.953. The summed E-state index contributed by atoms with van der Waals surface area (Å²) in [5.74, 6) is 0.616. The fraction of sp³-hybridized carbons (Fsp3) is 0.400. The Bertz CT molecular complexity index is 379. The largest absolute Gasteiger partial charge is 0.489 e. The molecular formula is C10H11N3O. The second-order valence-electron chi connectivity index (χ2n) is 3.30. The SMILES string of the molecule is N#Cc1cnc(CN)cc1OC1CC1. The van der Waals surface area contributed by atoms with Crippen molar-refractivity contribution in [2.45, 2.75) is 25.5 Å². The number of rotatable bonds is 3. The van der Waals surface area contributed by atoms with Gasteiger partial charge in [-0.05, 0) is 12.8 Å². The molecule has 0 aliphatic heterocycles. The Balaban J connectivity index is 2.27. The van der Waals surface area contributed by atoms with Crippen LogP contribution in [0.25, 0.3) is 0 Å². The molecule has 0 amide bonds. The molecular weight excluding hydrogens is 178 g/mol. The Kier molecular flexibility index (Phi) is 2.33. The van der Waals surface area contributed by atoms with Gasteiger partial charge < -0.3 is 10.5 Å². The van der Waals surface area contributed by atoms with Crippen molar-refractivity contribution in [3.63, 3.8) is 0 Å². The molecule has 1 aliphatic rings. The molecule has 2 rings (SSSR count). The maximum atomic E-state index is 8.81. The van der Waals surface area contributed by atoms with Crippen LogP contribution in [0.1, 0.15) is 24.1 Å². The Labute approximate surface area is 82.3 Å². The monoisotopic (exact) mass is 189 g/mol. The number of nitrogens with two attached hydrogens (primary N) is 1. The highest BCUT2D eigenvalue weighted by Crippen LogP contribution is 2.28. The van der Waals surface area contributed by atoms with Crippen molar-refractivity contribution in [1.82, 2.24) is 4.98 Å². The second-order valence-corrected chi connectivity index (χ2v) is 3.30. The molecule has 0 saturated heterocycles. The van der Waals surface area contributed by atoms with Crippen LogP contribution in [0.4, 0.5) is 0 Å². The van der Waals surface area contributed by atoms with Crippen LogP contribution in [0.5, 0.6) is 5.75 Å². The molecule has 2 N–H and O–H groups in total. The van der Waals surface area contributed by atoms with Crippen molar-refractivity contribution in [2.75, 3.05) is 0 Å². The highest BCUT2D eigenvalue weighted by Gasteiger charge is 2.24. The third-order valence-corrected chi connectivity index (χ3v) is 2.07. The molecule has 4 nitrogen and oxygen atoms in total. The molecule has 0 atom stereocenters. The molecule has 1 fully saturated rings. The van der Waals surface area contributed by atoms with E-state index in [1.165, 1.54) is 6.20 Å². The zero-order valence-corrected chi connectivity index (χ0v) is 7.73. The predicted molar refractivity (Wildman–Crippen MR) is 50.5 cm³/mol. The summed E-state index contributed by atoms with van der Waals surface area (Å²) in [6, 6.07) is 3.80. The second kappa shape index (κ2) is 3.64. The van der Waals surface area contributed by atoms with Gasteiger partial charge in [-0.15, -0.1) is 0 Å². The molecule has 14 heavy (non-hydrogen) atoms. The normalized spacial score (nSPS) is 14.9. The average molecular weight is 189 g/mol. The zero-order valence-electron chi connectivity index (χ0n) is 7.73. The third kappa shape index (κ3) is 1.83. The Hall–Kier alpha value is -1.60. The summed E-state index contributed by atoms with van der Waals surface area (Å²) in [6.07, 6.45) is 3.95. The zero-order chi connectivity index (χ0) is 9.97. The van der Waals surface area contributed by atoms with Gasteiger partial charge in [0.1, 0.15) is 17.4 Å². The minimum Gasteiger partial charge on any atom is -0.489 e. The Morgan fingerprint density at radius 2 is 2.43 bits per heavy atom. The number of ether oxygens (including phenoxy) is 1. The van der Waals surface area contributed by atoms with Crippen LogP contribution in [-0.4, -0.2) is 11.1 Å². The van der Waals surface area contributed by atoms with E-state index in [9.17, 15) is 0 Å². The quantitative estimate of drug-likeness (QED) is 0.768. The van der Waals surface area contributed by atoms with E-state index in [0.717, 1.165) is 18.5 Å². The first-order chi connectivity index (χ1) is 6.83. The summed E-state index contributed by atoms with van der Waals surface area (Å²) in [5.41, 5.74) is 6.69. The van der Waals surface area contributed by atoms with Gasteiger partial charge in [-0.3, -0.25) is 4.98 Å². The lowest BCUT2D eigenvalue weighted by molar-refractivity contribution is 0.301. The number of pyridine rings is 1. The van der Waals surface area contributed by atoms with Gasteiger partial charge in [0, 0.05) is 18.8 Å². The van der Waals surface area contributed by atoms with E-state index in [1.807, 2.05) is 0 Å². The smallest absolute Gasteiger partial charge is 0.140 e. The average Bonchev–Trinajstić information content (AvgIpc) is 3.01. The number of hydrogen-bond acceptors (Lipinski definition) is 4. The van der Waals surface area contributed by atoms with Crippen molar-refractivity contribution in [3.05, 3.63) is 23.5 Å². The molecule has 1 aromatic heterocycles. The van der Waals surface area contributed by atoms with E-state index in [2.05, 4.69) is 11.1 Å². The van der Waals surface area contributed by atoms with Gasteiger partial charge >= 0.3 is 0 Å². The summed E-state index contributed by atoms with van der Waals surface area (Å²) >= 11 is 0. The van der Waals surface area contributed by atoms with Crippen LogP contribution in [0.15, 0.2) is 12.3 Å². The maximum absolute atomic E-state index is 8.81. The molecule has 1 saturated carbocycles. The van der Waals surface area contributed by atoms with E-state index in [4.69, 9.17) is 15.7 Å². The molecule has 0 radical (unpaired) electrons. The fourth-order valence-corrected chi connectivity index (χ4v) is 1.14. The van der Waals surface area contributed by atoms with E-state index >= 15 is 0 Å². The Morgan fingerprint density at radius 3 is 3.00 bits per heavy atom. The van der Waals surface area contributed by atoms with E-state index in [1.54, 1.807) is 6.07 Å². The molecule has 1 aliphatic carbocycles. The summed E-state index contributed by atoms with van der Waals surface area (Å²) in [5, 5.41) is 8.81. The lowest BCUT2D eigenvalue weighted by Gasteiger charge is -2.06. The summed E-state index contributed by atoms with van der Waals surface area (Å²) in [4.78, 5) is 4.03. The van der Waals surface area contributed by atoms with Crippen molar-refractivity contribution < 1.29 is 4.74 Å². The number of nitrogens with zero attached hydrogens (tertiary/aromatic N) is 2. The van der Waals surface area contributed by atoms with Gasteiger partial charge in [0.25, 0.3) is 0 Å². The lowest BCUT2D eigenvalue weighted by Crippen LogP contribution is -2.03. The van der Waals surface area contributed by atoms with E-state index in [0.29, 0.717) is 17.9 Å². The minimum absolute atomic E-state index is 0.287. The molecule has 0 unspecified atom stereocenters. The van der Waals surface area contributed by atoms with Crippen LogP contribution in [0.3, 0.4) is 0 Å². The maximum Gasteiger partial charge on any atom is 0.140 e. The third-order valence-electron chi connectivity index (χ3n) is 2.07. The highest BCUT2D eigenvalue weighted by molar-refractivity contribution is 5.42. The van der Waals surface area contributed by atoms with E-state index in [-0.39, 0.29) is 6.10 Å². The van der Waals surface area contributed by atoms with Gasteiger partial charge in [-0.2, -0.15) is 5.26 Å². The summed E-state index contributed by atoms with van der Waals surface area (Å²) in [7, 11) is 0. The van der Waals surface area contributed by atoms with Crippen molar-refractivity contribution in [1.29, 1.82) is 5.26 Å². The Morgan fingerprint density at radius 1 is 1.64 bits per heavy atom. The van der Waals surface area contributed by atoms with Crippen LogP contribution in [0.2, 0.25) is 0 Å². The first-order valence-electron chi connectivity index (χ1n) is 4.59. The fourth-order valence-electron chi connectivity index (χ4n) is 1.14. The van der Waals surface area contributed by atoms with E-state index < -0.39 is 0 Å². The summed E-state index contributed by atoms with van der Waals surface area (Å²) in [6.45, 7) is 0.368. The first kappa shape index (κ1) is 8.97. The van der Waals surface area contributed by atoms with Crippen LogP contribution in [-0.2, 0) is 6.54 Å². The summed E-state index contributed by atoms with van der Waals surface area (Å²) < 4.78 is 5.57. The number of aromatic nitrogens is 1. The molecule has 1 heterocycles. The number of hydrogen-bond donors (Lipinski definition) is 1. The van der Waals surface area contributed by atoms with Gasteiger partial charge in [-0.1, -0.05) is 0 Å². The molecule has 0 aromatic carbocycles. The molecule has 0 spiro atoms. The molecule has 0 bridgehead atoms. The van der Waals surface area contributed by atoms with Crippen molar-refractivity contribution in [3.8, 4) is 11.8 Å². The van der Waals surface area contributed by atoms with Crippen molar-refractivity contribution in [2.24, 2.45) is 5.73 Å². The van der Waals surface area contributed by atoms with Gasteiger partial charge in [-0.25, -0.2) is 0 Å². The topological polar surface area (TPSA) is 71.9 Å².